The van der Waals surface area contributed by atoms with Gasteiger partial charge in [-0.05, 0) is 81.4 Å². The quantitative estimate of drug-likeness (QED) is 0.508. The second kappa shape index (κ2) is 10.4. The zero-order chi connectivity index (χ0) is 25.4. The van der Waals surface area contributed by atoms with Gasteiger partial charge in [-0.15, -0.1) is 0 Å². The predicted molar refractivity (Wildman–Crippen MR) is 143 cm³/mol. The van der Waals surface area contributed by atoms with Gasteiger partial charge in [-0.25, -0.2) is 9.50 Å². The number of aromatic nitrogens is 3. The number of carbonyl (C=O) groups excluding carboxylic acids is 1. The van der Waals surface area contributed by atoms with Crippen molar-refractivity contribution in [2.45, 2.75) is 70.4 Å². The number of rotatable bonds is 7. The Morgan fingerprint density at radius 1 is 1.11 bits per heavy atom. The molecular formula is C29H37N5O3. The van der Waals surface area contributed by atoms with Crippen molar-refractivity contribution in [3.63, 3.8) is 0 Å². The van der Waals surface area contributed by atoms with E-state index in [0.29, 0.717) is 12.0 Å². The first-order valence-electron chi connectivity index (χ1n) is 13.9. The molecule has 1 aromatic carbocycles. The summed E-state index contributed by atoms with van der Waals surface area (Å²) in [5, 5.41) is 17.9. The number of aliphatic hydroxyl groups excluding tert-OH is 1. The van der Waals surface area contributed by atoms with E-state index in [0.717, 1.165) is 111 Å². The van der Waals surface area contributed by atoms with E-state index >= 15 is 0 Å². The van der Waals surface area contributed by atoms with Crippen molar-refractivity contribution in [1.82, 2.24) is 19.9 Å². The first-order chi connectivity index (χ1) is 18.0. The van der Waals surface area contributed by atoms with Gasteiger partial charge in [-0.2, -0.15) is 5.10 Å². The molecule has 2 N–H and O–H groups in total. The molecule has 8 heteroatoms. The number of fused-ring (bicyclic) bond motifs is 1. The number of ether oxygens (including phenoxy) is 1. The monoisotopic (exact) mass is 503 g/mol. The van der Waals surface area contributed by atoms with Gasteiger partial charge in [0.05, 0.1) is 12.3 Å². The van der Waals surface area contributed by atoms with Gasteiger partial charge in [0.15, 0.2) is 5.65 Å². The van der Waals surface area contributed by atoms with E-state index in [1.165, 1.54) is 5.69 Å². The van der Waals surface area contributed by atoms with E-state index in [1.807, 2.05) is 29.8 Å². The Morgan fingerprint density at radius 3 is 2.62 bits per heavy atom. The summed E-state index contributed by atoms with van der Waals surface area (Å²) in [6.45, 7) is 5.32. The number of nitrogens with zero attached hydrogens (tertiary/aromatic N) is 4. The van der Waals surface area contributed by atoms with Crippen LogP contribution >= 0.6 is 0 Å². The van der Waals surface area contributed by atoms with Crippen molar-refractivity contribution in [2.24, 2.45) is 5.92 Å². The summed E-state index contributed by atoms with van der Waals surface area (Å²) in [6, 6.07) is 8.54. The van der Waals surface area contributed by atoms with Crippen LogP contribution in [0.1, 0.15) is 66.6 Å². The zero-order valence-corrected chi connectivity index (χ0v) is 21.7. The third kappa shape index (κ3) is 5.36. The van der Waals surface area contributed by atoms with Crippen molar-refractivity contribution < 1.29 is 14.6 Å². The minimum Gasteiger partial charge on any atom is -0.393 e. The number of benzene rings is 1. The zero-order valence-electron chi connectivity index (χ0n) is 21.7. The van der Waals surface area contributed by atoms with Gasteiger partial charge in [0, 0.05) is 55.2 Å². The maximum atomic E-state index is 12.6. The van der Waals surface area contributed by atoms with Crippen molar-refractivity contribution in [2.75, 3.05) is 31.2 Å². The fourth-order valence-corrected chi connectivity index (χ4v) is 5.61. The maximum absolute atomic E-state index is 12.6. The molecule has 0 radical (unpaired) electrons. The molecule has 0 bridgehead atoms. The smallest absolute Gasteiger partial charge is 0.251 e. The van der Waals surface area contributed by atoms with Crippen LogP contribution in [0.2, 0.25) is 0 Å². The lowest BCUT2D eigenvalue weighted by atomic mass is 9.94. The average Bonchev–Trinajstić information content (AvgIpc) is 3.62. The molecule has 0 unspecified atom stereocenters. The largest absolute Gasteiger partial charge is 0.393 e. The third-order valence-corrected chi connectivity index (χ3v) is 8.16. The number of aliphatic hydroxyl groups is 1. The summed E-state index contributed by atoms with van der Waals surface area (Å²) in [6.07, 6.45) is 9.65. The Labute approximate surface area is 218 Å². The van der Waals surface area contributed by atoms with Crippen LogP contribution in [-0.4, -0.2) is 64.1 Å². The molecule has 2 saturated heterocycles. The number of hydrogen-bond acceptors (Lipinski definition) is 6. The van der Waals surface area contributed by atoms with Gasteiger partial charge in [0.1, 0.15) is 5.82 Å². The summed E-state index contributed by atoms with van der Waals surface area (Å²) in [4.78, 5) is 20.0. The molecule has 8 nitrogen and oxygen atoms in total. The molecule has 1 saturated carbocycles. The van der Waals surface area contributed by atoms with Crippen LogP contribution in [0.5, 0.6) is 0 Å². The molecule has 2 aliphatic heterocycles. The second-order valence-corrected chi connectivity index (χ2v) is 11.0. The molecule has 4 heterocycles. The summed E-state index contributed by atoms with van der Waals surface area (Å²) in [5.74, 6) is 1.65. The lowest BCUT2D eigenvalue weighted by molar-refractivity contribution is 0.0639. The van der Waals surface area contributed by atoms with E-state index in [9.17, 15) is 9.90 Å². The standard InChI is InChI=1S/C29H37N5O3/c1-19-16-21(3-7-25(19)29(36)31-22-4-5-22)26-18-30-34-23(6-2-20-10-14-37-15-11-20)17-27(32-28(26)34)33-12-8-24(35)9-13-33/h3,7,16-18,20,22,24,35H,2,4-6,8-15H2,1H3,(H,31,36). The summed E-state index contributed by atoms with van der Waals surface area (Å²) >= 11 is 0. The van der Waals surface area contributed by atoms with Crippen LogP contribution in [0.3, 0.4) is 0 Å². The van der Waals surface area contributed by atoms with Crippen LogP contribution in [-0.2, 0) is 11.2 Å². The second-order valence-electron chi connectivity index (χ2n) is 11.0. The SMILES string of the molecule is Cc1cc(-c2cnn3c(CCC4CCOCC4)cc(N4CCC(O)CC4)nc23)ccc1C(=O)NC1CC1. The summed E-state index contributed by atoms with van der Waals surface area (Å²) in [7, 11) is 0. The van der Waals surface area contributed by atoms with E-state index in [1.54, 1.807) is 0 Å². The van der Waals surface area contributed by atoms with Crippen LogP contribution in [0.15, 0.2) is 30.5 Å². The summed E-state index contributed by atoms with van der Waals surface area (Å²) in [5.41, 5.74) is 5.69. The molecule has 3 aromatic rings. The average molecular weight is 504 g/mol. The Hall–Kier alpha value is -2.97. The molecule has 6 rings (SSSR count). The van der Waals surface area contributed by atoms with Crippen LogP contribution in [0.4, 0.5) is 5.82 Å². The highest BCUT2D eigenvalue weighted by Crippen LogP contribution is 2.31. The molecule has 196 valence electrons. The Morgan fingerprint density at radius 2 is 1.89 bits per heavy atom. The number of amides is 1. The lowest BCUT2D eigenvalue weighted by Crippen LogP contribution is -2.36. The normalized spacial score (nSPS) is 19.5. The Bertz CT molecular complexity index is 1270. The number of piperidine rings is 1. The fourth-order valence-electron chi connectivity index (χ4n) is 5.61. The van der Waals surface area contributed by atoms with E-state index < -0.39 is 0 Å². The van der Waals surface area contributed by atoms with Gasteiger partial charge in [-0.3, -0.25) is 4.79 Å². The minimum absolute atomic E-state index is 0.00881. The molecule has 1 amide bonds. The minimum atomic E-state index is -0.225. The van der Waals surface area contributed by atoms with Crippen molar-refractivity contribution >= 4 is 17.4 Å². The van der Waals surface area contributed by atoms with Crippen molar-refractivity contribution in [3.05, 3.63) is 47.3 Å². The highest BCUT2D eigenvalue weighted by Gasteiger charge is 2.25. The molecule has 0 atom stereocenters. The highest BCUT2D eigenvalue weighted by molar-refractivity contribution is 5.97. The Balaban J connectivity index is 1.33. The van der Waals surface area contributed by atoms with Crippen LogP contribution < -0.4 is 10.2 Å². The van der Waals surface area contributed by atoms with Crippen molar-refractivity contribution in [3.8, 4) is 11.1 Å². The fraction of sp³-hybridized carbons (Fsp3) is 0.552. The number of nitrogens with one attached hydrogen (secondary N) is 1. The maximum Gasteiger partial charge on any atom is 0.251 e. The van der Waals surface area contributed by atoms with Gasteiger partial charge in [-0.1, -0.05) is 12.1 Å². The third-order valence-electron chi connectivity index (χ3n) is 8.16. The predicted octanol–water partition coefficient (Wildman–Crippen LogP) is 3.92. The topological polar surface area (TPSA) is 92.0 Å². The van der Waals surface area contributed by atoms with Gasteiger partial charge >= 0.3 is 0 Å². The molecule has 0 spiro atoms. The van der Waals surface area contributed by atoms with Gasteiger partial charge in [0.25, 0.3) is 5.91 Å². The van der Waals surface area contributed by atoms with Crippen molar-refractivity contribution in [1.29, 1.82) is 0 Å². The van der Waals surface area contributed by atoms with Crippen LogP contribution in [0.25, 0.3) is 16.8 Å². The van der Waals surface area contributed by atoms with Crippen LogP contribution in [0, 0.1) is 12.8 Å². The molecule has 37 heavy (non-hydrogen) atoms. The van der Waals surface area contributed by atoms with E-state index in [2.05, 4.69) is 22.3 Å². The van der Waals surface area contributed by atoms with E-state index in [4.69, 9.17) is 14.8 Å². The van der Waals surface area contributed by atoms with Gasteiger partial charge < -0.3 is 20.1 Å². The molecule has 3 aliphatic rings. The molecule has 2 aromatic heterocycles. The first-order valence-corrected chi connectivity index (χ1v) is 13.9. The lowest BCUT2D eigenvalue weighted by Gasteiger charge is -2.31. The molecule has 1 aliphatic carbocycles. The number of anilines is 1. The molecule has 3 fully saturated rings. The number of aryl methyl sites for hydroxylation is 2. The number of carbonyl (C=O) groups is 1. The van der Waals surface area contributed by atoms with Gasteiger partial charge in [0.2, 0.25) is 0 Å². The molecular weight excluding hydrogens is 466 g/mol. The Kier molecular flexibility index (Phi) is 6.86. The first kappa shape index (κ1) is 24.4. The number of hydrogen-bond donors (Lipinski definition) is 2. The highest BCUT2D eigenvalue weighted by atomic mass is 16.5. The summed E-state index contributed by atoms with van der Waals surface area (Å²) < 4.78 is 7.56. The van der Waals surface area contributed by atoms with E-state index in [-0.39, 0.29) is 12.0 Å².